The van der Waals surface area contributed by atoms with E-state index in [1.54, 1.807) is 0 Å². The fourth-order valence-electron chi connectivity index (χ4n) is 2.09. The zero-order valence-electron chi connectivity index (χ0n) is 12.4. The normalized spacial score (nSPS) is 11.0. The molecule has 0 atom stereocenters. The molecule has 0 fully saturated rings. The average Bonchev–Trinajstić information content (AvgIpc) is 2.94. The highest BCUT2D eigenvalue weighted by Gasteiger charge is 2.08. The molecule has 0 radical (unpaired) electrons. The predicted octanol–water partition coefficient (Wildman–Crippen LogP) is 4.74. The summed E-state index contributed by atoms with van der Waals surface area (Å²) >= 11 is 0. The molecule has 3 rings (SSSR count). The first-order valence-corrected chi connectivity index (χ1v) is 7.20. The molecular weight excluding hydrogens is 274 g/mol. The molecule has 0 unspecified atom stereocenters. The lowest BCUT2D eigenvalue weighted by atomic mass is 10.2. The van der Waals surface area contributed by atoms with Crippen molar-refractivity contribution in [1.29, 1.82) is 0 Å². The number of nitrogens with zero attached hydrogens (tertiary/aromatic N) is 1. The maximum atomic E-state index is 5.71. The molecule has 3 aromatic rings. The Balaban J connectivity index is 1.65. The summed E-state index contributed by atoms with van der Waals surface area (Å²) < 4.78 is 11.3. The molecule has 110 valence electrons. The van der Waals surface area contributed by atoms with Crippen molar-refractivity contribution >= 4 is 6.08 Å². The molecule has 3 nitrogen and oxygen atoms in total. The van der Waals surface area contributed by atoms with Crippen LogP contribution in [0.4, 0.5) is 0 Å². The number of oxazole rings is 1. The van der Waals surface area contributed by atoms with E-state index >= 15 is 0 Å². The number of para-hydroxylation sites is 1. The lowest BCUT2D eigenvalue weighted by Crippen LogP contribution is -1.92. The van der Waals surface area contributed by atoms with Crippen LogP contribution in [0.3, 0.4) is 0 Å². The van der Waals surface area contributed by atoms with Crippen LogP contribution in [0.2, 0.25) is 0 Å². The predicted molar refractivity (Wildman–Crippen MR) is 87.6 cm³/mol. The minimum Gasteiger partial charge on any atom is -0.490 e. The van der Waals surface area contributed by atoms with E-state index in [0.717, 1.165) is 22.8 Å². The number of rotatable bonds is 5. The zero-order chi connectivity index (χ0) is 15.2. The van der Waals surface area contributed by atoms with E-state index in [-0.39, 0.29) is 0 Å². The summed E-state index contributed by atoms with van der Waals surface area (Å²) in [5, 5.41) is 0. The summed E-state index contributed by atoms with van der Waals surface area (Å²) in [5.41, 5.74) is 1.81. The molecular formula is C19H17NO2. The van der Waals surface area contributed by atoms with Gasteiger partial charge in [-0.2, -0.15) is 0 Å². The monoisotopic (exact) mass is 291 g/mol. The number of aromatic nitrogens is 1. The van der Waals surface area contributed by atoms with Crippen molar-refractivity contribution in [2.24, 2.45) is 0 Å². The number of hydrogen-bond donors (Lipinski definition) is 0. The first-order valence-electron chi connectivity index (χ1n) is 7.20. The highest BCUT2D eigenvalue weighted by atomic mass is 16.5. The van der Waals surface area contributed by atoms with Gasteiger partial charge in [-0.25, -0.2) is 4.98 Å². The minimum absolute atomic E-state index is 0.497. The summed E-state index contributed by atoms with van der Waals surface area (Å²) in [5.74, 6) is 2.30. The summed E-state index contributed by atoms with van der Waals surface area (Å²) in [6.45, 7) is 2.41. The third-order valence-electron chi connectivity index (χ3n) is 3.22. The minimum atomic E-state index is 0.497. The zero-order valence-corrected chi connectivity index (χ0v) is 12.4. The molecule has 3 heteroatoms. The Morgan fingerprint density at radius 2 is 1.68 bits per heavy atom. The highest BCUT2D eigenvalue weighted by Crippen LogP contribution is 2.22. The van der Waals surface area contributed by atoms with Gasteiger partial charge in [0.1, 0.15) is 23.8 Å². The third kappa shape index (κ3) is 3.44. The van der Waals surface area contributed by atoms with Crippen molar-refractivity contribution in [3.05, 3.63) is 78.2 Å². The average molecular weight is 291 g/mol. The van der Waals surface area contributed by atoms with E-state index in [9.17, 15) is 0 Å². The summed E-state index contributed by atoms with van der Waals surface area (Å²) in [7, 11) is 0. The quantitative estimate of drug-likeness (QED) is 0.681. The number of aryl methyl sites for hydroxylation is 1. The van der Waals surface area contributed by atoms with Crippen molar-refractivity contribution in [3.8, 4) is 17.2 Å². The van der Waals surface area contributed by atoms with E-state index < -0.39 is 0 Å². The van der Waals surface area contributed by atoms with Gasteiger partial charge in [0.05, 0.1) is 0 Å². The van der Waals surface area contributed by atoms with Crippen LogP contribution in [-0.2, 0) is 0 Å². The van der Waals surface area contributed by atoms with Crippen LogP contribution in [0.15, 0.2) is 71.2 Å². The van der Waals surface area contributed by atoms with Crippen LogP contribution < -0.4 is 4.74 Å². The van der Waals surface area contributed by atoms with Crippen LogP contribution in [0.1, 0.15) is 11.5 Å². The van der Waals surface area contributed by atoms with E-state index in [2.05, 4.69) is 4.98 Å². The van der Waals surface area contributed by atoms with E-state index in [4.69, 9.17) is 9.15 Å². The van der Waals surface area contributed by atoms with Crippen LogP contribution >= 0.6 is 0 Å². The lowest BCUT2D eigenvalue weighted by Gasteiger charge is -2.00. The Morgan fingerprint density at radius 3 is 2.41 bits per heavy atom. The molecule has 0 bridgehead atoms. The third-order valence-corrected chi connectivity index (χ3v) is 3.22. The molecule has 1 heterocycles. The van der Waals surface area contributed by atoms with Crippen LogP contribution in [0.5, 0.6) is 5.75 Å². The topological polar surface area (TPSA) is 35.3 Å². The van der Waals surface area contributed by atoms with Crippen molar-refractivity contribution < 1.29 is 9.15 Å². The van der Waals surface area contributed by atoms with Crippen molar-refractivity contribution in [1.82, 2.24) is 4.98 Å². The standard InChI is InChI=1S/C19H17NO2/c1-15-18(13-8-14-21-17-11-6-3-7-12-17)20-19(22-15)16-9-4-2-5-10-16/h2-13H,14H2,1H3. The van der Waals surface area contributed by atoms with Crippen LogP contribution in [-0.4, -0.2) is 11.6 Å². The smallest absolute Gasteiger partial charge is 0.226 e. The summed E-state index contributed by atoms with van der Waals surface area (Å²) in [4.78, 5) is 4.52. The number of ether oxygens (including phenoxy) is 1. The van der Waals surface area contributed by atoms with Gasteiger partial charge in [-0.15, -0.1) is 0 Å². The van der Waals surface area contributed by atoms with Crippen molar-refractivity contribution in [3.63, 3.8) is 0 Å². The number of hydrogen-bond acceptors (Lipinski definition) is 3. The second kappa shape index (κ2) is 6.76. The highest BCUT2D eigenvalue weighted by molar-refractivity contribution is 5.57. The van der Waals surface area contributed by atoms with E-state index in [1.165, 1.54) is 0 Å². The molecule has 0 N–H and O–H groups in total. The fraction of sp³-hybridized carbons (Fsp3) is 0.105. The molecule has 0 saturated carbocycles. The van der Waals surface area contributed by atoms with Crippen LogP contribution in [0, 0.1) is 6.92 Å². The van der Waals surface area contributed by atoms with Gasteiger partial charge in [0.2, 0.25) is 5.89 Å². The molecule has 0 amide bonds. The van der Waals surface area contributed by atoms with Crippen molar-refractivity contribution in [2.45, 2.75) is 6.92 Å². The summed E-state index contributed by atoms with van der Waals surface area (Å²) in [6, 6.07) is 19.6. The Bertz CT molecular complexity index is 746. The molecule has 1 aromatic heterocycles. The second-order valence-electron chi connectivity index (χ2n) is 4.85. The molecule has 0 aliphatic rings. The SMILES string of the molecule is Cc1oc(-c2ccccc2)nc1C=CCOc1ccccc1. The molecule has 0 spiro atoms. The Kier molecular flexibility index (Phi) is 4.35. The molecule has 0 aliphatic heterocycles. The van der Waals surface area contributed by atoms with E-state index in [1.807, 2.05) is 79.7 Å². The lowest BCUT2D eigenvalue weighted by molar-refractivity contribution is 0.363. The van der Waals surface area contributed by atoms with Gasteiger partial charge in [0.25, 0.3) is 0 Å². The second-order valence-corrected chi connectivity index (χ2v) is 4.85. The maximum absolute atomic E-state index is 5.71. The van der Waals surface area contributed by atoms with Gasteiger partial charge in [0.15, 0.2) is 0 Å². The Hall–Kier alpha value is -2.81. The molecule has 22 heavy (non-hydrogen) atoms. The first kappa shape index (κ1) is 14.1. The van der Waals surface area contributed by atoms with Gasteiger partial charge in [-0.3, -0.25) is 0 Å². The van der Waals surface area contributed by atoms with E-state index in [0.29, 0.717) is 12.5 Å². The molecule has 2 aromatic carbocycles. The molecule has 0 saturated heterocycles. The summed E-state index contributed by atoms with van der Waals surface area (Å²) in [6.07, 6.45) is 3.86. The van der Waals surface area contributed by atoms with Gasteiger partial charge >= 0.3 is 0 Å². The van der Waals surface area contributed by atoms with Gasteiger partial charge in [-0.05, 0) is 43.3 Å². The number of benzene rings is 2. The van der Waals surface area contributed by atoms with Gasteiger partial charge in [-0.1, -0.05) is 36.4 Å². The first-order chi connectivity index (χ1) is 10.8. The Labute approximate surface area is 129 Å². The van der Waals surface area contributed by atoms with Crippen molar-refractivity contribution in [2.75, 3.05) is 6.61 Å². The Morgan fingerprint density at radius 1 is 1.00 bits per heavy atom. The fourth-order valence-corrected chi connectivity index (χ4v) is 2.09. The maximum Gasteiger partial charge on any atom is 0.226 e. The van der Waals surface area contributed by atoms with Gasteiger partial charge < -0.3 is 9.15 Å². The largest absolute Gasteiger partial charge is 0.490 e. The van der Waals surface area contributed by atoms with Crippen LogP contribution in [0.25, 0.3) is 17.5 Å². The van der Waals surface area contributed by atoms with Gasteiger partial charge in [0, 0.05) is 5.56 Å². The molecule has 0 aliphatic carbocycles.